The molecule has 3 fully saturated rings. The molecule has 0 aromatic rings. The van der Waals surface area contributed by atoms with Crippen LogP contribution in [0.3, 0.4) is 0 Å². The number of carbonyl (C=O) groups excluding carboxylic acids is 2. The van der Waals surface area contributed by atoms with E-state index in [1.807, 2.05) is 6.92 Å². The Morgan fingerprint density at radius 2 is 1.84 bits per heavy atom. The summed E-state index contributed by atoms with van der Waals surface area (Å²) < 4.78 is 11.9. The van der Waals surface area contributed by atoms with E-state index in [9.17, 15) is 9.59 Å². The quantitative estimate of drug-likeness (QED) is 0.626. The highest BCUT2D eigenvalue weighted by atomic mass is 16.7. The normalized spacial score (nSPS) is 28.0. The number of piperidine rings is 1. The molecule has 1 saturated carbocycles. The number of amides is 3. The summed E-state index contributed by atoms with van der Waals surface area (Å²) in [6.45, 7) is 12.0. The van der Waals surface area contributed by atoms with Crippen LogP contribution >= 0.6 is 0 Å². The highest BCUT2D eigenvalue weighted by Gasteiger charge is 2.49. The summed E-state index contributed by atoms with van der Waals surface area (Å²) >= 11 is 0. The van der Waals surface area contributed by atoms with Gasteiger partial charge in [0.15, 0.2) is 5.79 Å². The van der Waals surface area contributed by atoms with E-state index in [1.54, 1.807) is 0 Å². The lowest BCUT2D eigenvalue weighted by molar-refractivity contribution is -0.202. The van der Waals surface area contributed by atoms with Crippen LogP contribution in [0.25, 0.3) is 0 Å². The smallest absolute Gasteiger partial charge is 0.324 e. The molecule has 0 unspecified atom stereocenters. The maximum absolute atomic E-state index is 13.4. The van der Waals surface area contributed by atoms with Crippen LogP contribution in [-0.2, 0) is 14.3 Å². The molecule has 1 N–H and O–H groups in total. The van der Waals surface area contributed by atoms with Gasteiger partial charge in [0.25, 0.3) is 0 Å². The molecule has 2 aliphatic heterocycles. The number of nitrogens with zero attached hydrogens (tertiary/aromatic N) is 3. The first-order chi connectivity index (χ1) is 14.9. The molecule has 0 aromatic carbocycles. The van der Waals surface area contributed by atoms with Crippen molar-refractivity contribution >= 4 is 11.9 Å². The largest absolute Gasteiger partial charge is 0.348 e. The van der Waals surface area contributed by atoms with Crippen molar-refractivity contribution in [2.24, 2.45) is 11.8 Å². The number of likely N-dealkylation sites (tertiary alicyclic amines) is 1. The van der Waals surface area contributed by atoms with Crippen LogP contribution in [0.15, 0.2) is 0 Å². The minimum Gasteiger partial charge on any atom is -0.348 e. The molecule has 8 heteroatoms. The molecule has 3 rings (SSSR count). The average Bonchev–Trinajstić information content (AvgIpc) is 3.21. The fraction of sp³-hybridized carbons (Fsp3) is 0.913. The predicted octanol–water partition coefficient (Wildman–Crippen LogP) is 2.14. The molecule has 3 aliphatic rings. The summed E-state index contributed by atoms with van der Waals surface area (Å²) in [5.41, 5.74) is 0. The van der Waals surface area contributed by atoms with Gasteiger partial charge in [-0.25, -0.2) is 4.79 Å². The van der Waals surface area contributed by atoms with Gasteiger partial charge in [-0.15, -0.1) is 0 Å². The Morgan fingerprint density at radius 3 is 2.48 bits per heavy atom. The number of hydrogen-bond acceptors (Lipinski definition) is 6. The number of urea groups is 1. The van der Waals surface area contributed by atoms with E-state index < -0.39 is 5.79 Å². The lowest BCUT2D eigenvalue weighted by Crippen LogP contribution is -2.57. The minimum absolute atomic E-state index is 0.0413. The molecule has 0 aromatic heterocycles. The van der Waals surface area contributed by atoms with Crippen LogP contribution in [-0.4, -0.2) is 98.0 Å². The van der Waals surface area contributed by atoms with Crippen LogP contribution in [0, 0.1) is 11.8 Å². The Hall–Kier alpha value is -1.22. The number of imide groups is 1. The van der Waals surface area contributed by atoms with Crippen molar-refractivity contribution in [3.8, 4) is 0 Å². The van der Waals surface area contributed by atoms with E-state index in [-0.39, 0.29) is 17.9 Å². The molecule has 3 atom stereocenters. The van der Waals surface area contributed by atoms with Crippen LogP contribution in [0.1, 0.15) is 52.9 Å². The fourth-order valence-corrected chi connectivity index (χ4v) is 5.63. The van der Waals surface area contributed by atoms with Crippen molar-refractivity contribution in [2.75, 3.05) is 59.5 Å². The van der Waals surface area contributed by atoms with Crippen LogP contribution in [0.4, 0.5) is 4.79 Å². The second-order valence-corrected chi connectivity index (χ2v) is 9.30. The van der Waals surface area contributed by atoms with Gasteiger partial charge in [-0.3, -0.25) is 9.69 Å². The summed E-state index contributed by atoms with van der Waals surface area (Å²) in [5, 5.41) is 2.96. The zero-order valence-electron chi connectivity index (χ0n) is 19.9. The Bertz CT molecular complexity index is 606. The third-order valence-electron chi connectivity index (χ3n) is 7.32. The molecule has 2 saturated heterocycles. The summed E-state index contributed by atoms with van der Waals surface area (Å²) in [6.07, 6.45) is 4.36. The average molecular weight is 439 g/mol. The summed E-state index contributed by atoms with van der Waals surface area (Å²) in [6, 6.07) is 0.205. The third-order valence-corrected chi connectivity index (χ3v) is 7.32. The molecular formula is C23H42N4O4. The van der Waals surface area contributed by atoms with Crippen LogP contribution < -0.4 is 5.32 Å². The van der Waals surface area contributed by atoms with Gasteiger partial charge in [-0.2, -0.15) is 0 Å². The lowest BCUT2D eigenvalue weighted by atomic mass is 9.72. The molecule has 31 heavy (non-hydrogen) atoms. The molecule has 1 aliphatic carbocycles. The van der Waals surface area contributed by atoms with Crippen molar-refractivity contribution < 1.29 is 19.1 Å². The number of nitrogens with one attached hydrogen (secondary N) is 1. The summed E-state index contributed by atoms with van der Waals surface area (Å²) in [5.74, 6) is -0.297. The van der Waals surface area contributed by atoms with E-state index in [1.165, 1.54) is 4.90 Å². The first-order valence-electron chi connectivity index (χ1n) is 12.2. The Balaban J connectivity index is 1.61. The molecule has 0 bridgehead atoms. The highest BCUT2D eigenvalue weighted by molar-refractivity contribution is 5.95. The van der Waals surface area contributed by atoms with Crippen LogP contribution in [0.5, 0.6) is 0 Å². The standard InChI is InChI=1S/C23H42N4O4/c1-5-11-27(22(29)24-10-12-26(6-2)7-3)21(28)19-15-18-16-23(30-13-14-31-23)9-8-20(18)25(4)17-19/h18-20H,5-17H2,1-4H3,(H,24,29)/t18-,19-,20-/m1/s1. The number of ether oxygens (including phenoxy) is 2. The van der Waals surface area contributed by atoms with Crippen molar-refractivity contribution in [3.63, 3.8) is 0 Å². The van der Waals surface area contributed by atoms with E-state index in [2.05, 4.69) is 36.0 Å². The second kappa shape index (κ2) is 11.1. The summed E-state index contributed by atoms with van der Waals surface area (Å²) in [4.78, 5) is 32.3. The first-order valence-corrected chi connectivity index (χ1v) is 12.2. The molecule has 178 valence electrons. The van der Waals surface area contributed by atoms with E-state index >= 15 is 0 Å². The van der Waals surface area contributed by atoms with Gasteiger partial charge >= 0.3 is 6.03 Å². The van der Waals surface area contributed by atoms with Crippen LogP contribution in [0.2, 0.25) is 0 Å². The van der Waals surface area contributed by atoms with E-state index in [0.29, 0.717) is 44.8 Å². The van der Waals surface area contributed by atoms with Gasteiger partial charge in [0.1, 0.15) is 0 Å². The van der Waals surface area contributed by atoms with Crippen molar-refractivity contribution in [3.05, 3.63) is 0 Å². The number of carbonyl (C=O) groups is 2. The monoisotopic (exact) mass is 438 g/mol. The van der Waals surface area contributed by atoms with Gasteiger partial charge in [-0.1, -0.05) is 20.8 Å². The molecule has 2 heterocycles. The van der Waals surface area contributed by atoms with Crippen molar-refractivity contribution in [1.82, 2.24) is 20.0 Å². The molecule has 1 spiro atoms. The number of fused-ring (bicyclic) bond motifs is 1. The second-order valence-electron chi connectivity index (χ2n) is 9.30. The number of likely N-dealkylation sites (N-methyl/N-ethyl adjacent to an activating group) is 1. The molecule has 8 nitrogen and oxygen atoms in total. The Morgan fingerprint density at radius 1 is 1.13 bits per heavy atom. The van der Waals surface area contributed by atoms with Crippen molar-refractivity contribution in [2.45, 2.75) is 64.7 Å². The van der Waals surface area contributed by atoms with Gasteiger partial charge in [0, 0.05) is 45.1 Å². The number of hydrogen-bond donors (Lipinski definition) is 1. The molecule has 0 radical (unpaired) electrons. The van der Waals surface area contributed by atoms with E-state index in [0.717, 1.165) is 51.7 Å². The Kier molecular flexibility index (Phi) is 8.73. The number of rotatable bonds is 8. The van der Waals surface area contributed by atoms with Gasteiger partial charge in [0.05, 0.1) is 19.1 Å². The maximum atomic E-state index is 13.4. The summed E-state index contributed by atoms with van der Waals surface area (Å²) in [7, 11) is 2.11. The first kappa shape index (κ1) is 24.4. The Labute approximate surface area is 187 Å². The topological polar surface area (TPSA) is 74.4 Å². The highest BCUT2D eigenvalue weighted by Crippen LogP contribution is 2.45. The maximum Gasteiger partial charge on any atom is 0.324 e. The molecular weight excluding hydrogens is 396 g/mol. The fourth-order valence-electron chi connectivity index (χ4n) is 5.63. The van der Waals surface area contributed by atoms with E-state index in [4.69, 9.17) is 9.47 Å². The van der Waals surface area contributed by atoms with Gasteiger partial charge in [0.2, 0.25) is 5.91 Å². The third kappa shape index (κ3) is 5.78. The SMILES string of the molecule is CCCN(C(=O)NCCN(CC)CC)C(=O)[C@@H]1C[C@@H]2CC3(CC[C@H]2N(C)C1)OCCO3. The zero-order valence-corrected chi connectivity index (χ0v) is 19.9. The lowest BCUT2D eigenvalue weighted by Gasteiger charge is -2.49. The predicted molar refractivity (Wildman–Crippen MR) is 120 cm³/mol. The van der Waals surface area contributed by atoms with Crippen molar-refractivity contribution in [1.29, 1.82) is 0 Å². The molecule has 3 amide bonds. The van der Waals surface area contributed by atoms with Gasteiger partial charge < -0.3 is 24.6 Å². The minimum atomic E-state index is -0.447. The van der Waals surface area contributed by atoms with Gasteiger partial charge in [-0.05, 0) is 45.3 Å². The zero-order chi connectivity index (χ0) is 22.4.